The molecule has 0 aliphatic carbocycles. The summed E-state index contributed by atoms with van der Waals surface area (Å²) in [5, 5.41) is 3.12. The fourth-order valence-electron chi connectivity index (χ4n) is 1.98. The van der Waals surface area contributed by atoms with E-state index in [0.717, 1.165) is 5.56 Å². The average molecular weight is 232 g/mol. The summed E-state index contributed by atoms with van der Waals surface area (Å²) >= 11 is 0. The Morgan fingerprint density at radius 3 is 2.76 bits per heavy atom. The van der Waals surface area contributed by atoms with Gasteiger partial charge in [0.2, 0.25) is 11.8 Å². The lowest BCUT2D eigenvalue weighted by molar-refractivity contribution is -0.137. The van der Waals surface area contributed by atoms with Crippen molar-refractivity contribution in [3.8, 4) is 0 Å². The number of benzene rings is 1. The van der Waals surface area contributed by atoms with Crippen molar-refractivity contribution in [2.75, 3.05) is 7.05 Å². The van der Waals surface area contributed by atoms with Gasteiger partial charge < -0.3 is 5.32 Å². The lowest BCUT2D eigenvalue weighted by Crippen LogP contribution is -2.36. The summed E-state index contributed by atoms with van der Waals surface area (Å²) in [7, 11) is 1.53. The van der Waals surface area contributed by atoms with Gasteiger partial charge in [0.05, 0.1) is 12.5 Å². The summed E-state index contributed by atoms with van der Waals surface area (Å²) in [4.78, 5) is 24.2. The van der Waals surface area contributed by atoms with E-state index in [2.05, 4.69) is 11.4 Å². The molecule has 0 bridgehead atoms. The SMILES string of the molecule is Cc1cccc(CNC2CC(=O)N(C)C2=O)c1. The van der Waals surface area contributed by atoms with Crippen LogP contribution in [0.1, 0.15) is 17.5 Å². The minimum absolute atomic E-state index is 0.114. The Hall–Kier alpha value is -1.68. The van der Waals surface area contributed by atoms with Crippen LogP contribution in [-0.4, -0.2) is 29.8 Å². The van der Waals surface area contributed by atoms with Gasteiger partial charge in [-0.25, -0.2) is 0 Å². The molecule has 1 saturated heterocycles. The van der Waals surface area contributed by atoms with Crippen LogP contribution in [0, 0.1) is 6.92 Å². The second-order valence-corrected chi connectivity index (χ2v) is 4.42. The summed E-state index contributed by atoms with van der Waals surface area (Å²) < 4.78 is 0. The molecule has 1 aliphatic rings. The topological polar surface area (TPSA) is 49.4 Å². The van der Waals surface area contributed by atoms with E-state index in [4.69, 9.17) is 0 Å². The molecular formula is C13H16N2O2. The Balaban J connectivity index is 1.95. The van der Waals surface area contributed by atoms with Crippen LogP contribution in [0.4, 0.5) is 0 Å². The van der Waals surface area contributed by atoms with Crippen molar-refractivity contribution in [1.82, 2.24) is 10.2 Å². The molecule has 0 spiro atoms. The fourth-order valence-corrected chi connectivity index (χ4v) is 1.98. The number of hydrogen-bond donors (Lipinski definition) is 1. The maximum atomic E-state index is 11.6. The first-order chi connectivity index (χ1) is 8.08. The number of likely N-dealkylation sites (N-methyl/N-ethyl adjacent to an activating group) is 1. The molecule has 1 heterocycles. The molecular weight excluding hydrogens is 216 g/mol. The second kappa shape index (κ2) is 4.67. The van der Waals surface area contributed by atoms with Crippen molar-refractivity contribution < 1.29 is 9.59 Å². The highest BCUT2D eigenvalue weighted by atomic mass is 16.2. The van der Waals surface area contributed by atoms with Gasteiger partial charge in [-0.05, 0) is 12.5 Å². The maximum absolute atomic E-state index is 11.6. The van der Waals surface area contributed by atoms with Crippen LogP contribution in [0.15, 0.2) is 24.3 Å². The Bertz CT molecular complexity index is 456. The third kappa shape index (κ3) is 2.53. The van der Waals surface area contributed by atoms with Crippen LogP contribution in [-0.2, 0) is 16.1 Å². The maximum Gasteiger partial charge on any atom is 0.246 e. The number of rotatable bonds is 3. The molecule has 0 aromatic heterocycles. The third-order valence-electron chi connectivity index (χ3n) is 3.02. The predicted octanol–water partition coefficient (Wildman–Crippen LogP) is 0.842. The Morgan fingerprint density at radius 1 is 1.41 bits per heavy atom. The summed E-state index contributed by atoms with van der Waals surface area (Å²) in [5.41, 5.74) is 2.31. The van der Waals surface area contributed by atoms with E-state index >= 15 is 0 Å². The van der Waals surface area contributed by atoms with Crippen molar-refractivity contribution in [2.24, 2.45) is 0 Å². The molecule has 17 heavy (non-hydrogen) atoms. The van der Waals surface area contributed by atoms with Crippen molar-refractivity contribution >= 4 is 11.8 Å². The number of aryl methyl sites for hydroxylation is 1. The number of carbonyl (C=O) groups is 2. The highest BCUT2D eigenvalue weighted by molar-refractivity contribution is 6.05. The van der Waals surface area contributed by atoms with E-state index in [9.17, 15) is 9.59 Å². The van der Waals surface area contributed by atoms with Gasteiger partial charge in [-0.3, -0.25) is 14.5 Å². The number of amides is 2. The number of nitrogens with zero attached hydrogens (tertiary/aromatic N) is 1. The van der Waals surface area contributed by atoms with Gasteiger partial charge >= 0.3 is 0 Å². The van der Waals surface area contributed by atoms with E-state index in [1.807, 2.05) is 25.1 Å². The molecule has 1 unspecified atom stereocenters. The quantitative estimate of drug-likeness (QED) is 0.786. The van der Waals surface area contributed by atoms with Crippen molar-refractivity contribution in [3.63, 3.8) is 0 Å². The molecule has 1 atom stereocenters. The Kier molecular flexibility index (Phi) is 3.24. The Morgan fingerprint density at radius 2 is 2.18 bits per heavy atom. The molecule has 4 heteroatoms. The molecule has 0 radical (unpaired) electrons. The smallest absolute Gasteiger partial charge is 0.246 e. The average Bonchev–Trinajstić information content (AvgIpc) is 2.54. The summed E-state index contributed by atoms with van der Waals surface area (Å²) in [6.07, 6.45) is 0.265. The van der Waals surface area contributed by atoms with Gasteiger partial charge in [-0.15, -0.1) is 0 Å². The van der Waals surface area contributed by atoms with Gasteiger partial charge in [-0.1, -0.05) is 29.8 Å². The molecule has 2 rings (SSSR count). The number of likely N-dealkylation sites (tertiary alicyclic amines) is 1. The van der Waals surface area contributed by atoms with Gasteiger partial charge in [-0.2, -0.15) is 0 Å². The molecule has 2 amide bonds. The van der Waals surface area contributed by atoms with Crippen LogP contribution in [0.5, 0.6) is 0 Å². The minimum Gasteiger partial charge on any atom is -0.301 e. The lowest BCUT2D eigenvalue weighted by atomic mass is 10.1. The number of hydrogen-bond acceptors (Lipinski definition) is 3. The van der Waals surface area contributed by atoms with E-state index < -0.39 is 0 Å². The van der Waals surface area contributed by atoms with Crippen LogP contribution < -0.4 is 5.32 Å². The second-order valence-electron chi connectivity index (χ2n) is 4.42. The highest BCUT2D eigenvalue weighted by Gasteiger charge is 2.35. The number of nitrogens with one attached hydrogen (secondary N) is 1. The standard InChI is InChI=1S/C13H16N2O2/c1-9-4-3-5-10(6-9)8-14-11-7-12(16)15(2)13(11)17/h3-6,11,14H,7-8H2,1-2H3. The molecule has 1 aromatic carbocycles. The first kappa shape index (κ1) is 11.8. The minimum atomic E-state index is -0.368. The lowest BCUT2D eigenvalue weighted by Gasteiger charge is -2.11. The third-order valence-corrected chi connectivity index (χ3v) is 3.02. The Labute approximate surface area is 101 Å². The first-order valence-corrected chi connectivity index (χ1v) is 5.67. The van der Waals surface area contributed by atoms with Crippen molar-refractivity contribution in [3.05, 3.63) is 35.4 Å². The van der Waals surface area contributed by atoms with Crippen molar-refractivity contribution in [1.29, 1.82) is 0 Å². The highest BCUT2D eigenvalue weighted by Crippen LogP contribution is 2.11. The van der Waals surface area contributed by atoms with Crippen LogP contribution in [0.2, 0.25) is 0 Å². The molecule has 1 fully saturated rings. The molecule has 1 aromatic rings. The summed E-state index contributed by atoms with van der Waals surface area (Å²) in [6.45, 7) is 2.64. The zero-order valence-corrected chi connectivity index (χ0v) is 10.1. The van der Waals surface area contributed by atoms with Crippen molar-refractivity contribution in [2.45, 2.75) is 25.9 Å². The zero-order valence-electron chi connectivity index (χ0n) is 10.1. The molecule has 1 aliphatic heterocycles. The predicted molar refractivity (Wildman–Crippen MR) is 64.2 cm³/mol. The number of carbonyl (C=O) groups excluding carboxylic acids is 2. The summed E-state index contributed by atoms with van der Waals surface area (Å²) in [6, 6.07) is 7.72. The molecule has 0 saturated carbocycles. The molecule has 90 valence electrons. The monoisotopic (exact) mass is 232 g/mol. The zero-order chi connectivity index (χ0) is 12.4. The number of imide groups is 1. The van der Waals surface area contributed by atoms with Gasteiger partial charge in [0.25, 0.3) is 0 Å². The van der Waals surface area contributed by atoms with E-state index in [0.29, 0.717) is 6.54 Å². The van der Waals surface area contributed by atoms with Gasteiger partial charge in [0.15, 0.2) is 0 Å². The fraction of sp³-hybridized carbons (Fsp3) is 0.385. The van der Waals surface area contributed by atoms with Gasteiger partial charge in [0.1, 0.15) is 0 Å². The van der Waals surface area contributed by atoms with Crippen LogP contribution in [0.3, 0.4) is 0 Å². The normalized spacial score (nSPS) is 20.1. The van der Waals surface area contributed by atoms with Crippen LogP contribution >= 0.6 is 0 Å². The van der Waals surface area contributed by atoms with E-state index in [1.165, 1.54) is 17.5 Å². The van der Waals surface area contributed by atoms with E-state index in [-0.39, 0.29) is 24.3 Å². The molecule has 1 N–H and O–H groups in total. The van der Waals surface area contributed by atoms with Gasteiger partial charge in [0, 0.05) is 13.6 Å². The van der Waals surface area contributed by atoms with Crippen LogP contribution in [0.25, 0.3) is 0 Å². The van der Waals surface area contributed by atoms with E-state index in [1.54, 1.807) is 0 Å². The first-order valence-electron chi connectivity index (χ1n) is 5.67. The largest absolute Gasteiger partial charge is 0.301 e. The summed E-state index contributed by atoms with van der Waals surface area (Å²) in [5.74, 6) is -0.251. The molecule has 4 nitrogen and oxygen atoms in total.